The molecule has 0 radical (unpaired) electrons. The van der Waals surface area contributed by atoms with Gasteiger partial charge in [0.25, 0.3) is 0 Å². The number of carbonyl (C=O) groups excluding carboxylic acids is 1. The van der Waals surface area contributed by atoms with Crippen molar-refractivity contribution in [1.29, 1.82) is 5.26 Å². The van der Waals surface area contributed by atoms with Gasteiger partial charge in [-0.2, -0.15) is 18.4 Å². The monoisotopic (exact) mass is 277 g/mol. The second-order valence-corrected chi connectivity index (χ2v) is 4.13. The van der Waals surface area contributed by atoms with Crippen molar-refractivity contribution in [3.63, 3.8) is 0 Å². The van der Waals surface area contributed by atoms with Crippen LogP contribution in [0.3, 0.4) is 0 Å². The standard InChI is InChI=1S/C10H6F3NO3S/c1-17-9(16)5-2-7(15)6(4-14)8(3-5)18-10(11,12)13/h2-3,15H,1H3. The second kappa shape index (κ2) is 5.18. The number of methoxy groups -OCH3 is 1. The normalized spacial score (nSPS) is 10.8. The molecular weight excluding hydrogens is 271 g/mol. The highest BCUT2D eigenvalue weighted by Gasteiger charge is 2.32. The van der Waals surface area contributed by atoms with E-state index < -0.39 is 39.4 Å². The van der Waals surface area contributed by atoms with Crippen LogP contribution in [0.2, 0.25) is 0 Å². The molecule has 0 aliphatic heterocycles. The number of alkyl halides is 3. The number of aromatic hydroxyl groups is 1. The molecule has 1 aromatic carbocycles. The molecule has 0 unspecified atom stereocenters. The first-order valence-electron chi connectivity index (χ1n) is 4.39. The summed E-state index contributed by atoms with van der Waals surface area (Å²) >= 11 is -0.582. The Kier molecular flexibility index (Phi) is 4.08. The number of carbonyl (C=O) groups is 1. The van der Waals surface area contributed by atoms with Gasteiger partial charge in [0.2, 0.25) is 0 Å². The number of hydrogen-bond acceptors (Lipinski definition) is 5. The smallest absolute Gasteiger partial charge is 0.446 e. The first-order chi connectivity index (χ1) is 8.28. The van der Waals surface area contributed by atoms with Gasteiger partial charge in [0.1, 0.15) is 17.4 Å². The Hall–Kier alpha value is -1.88. The fourth-order valence-electron chi connectivity index (χ4n) is 1.15. The van der Waals surface area contributed by atoms with Crippen LogP contribution in [0.5, 0.6) is 5.75 Å². The molecule has 0 aliphatic carbocycles. The number of ether oxygens (including phenoxy) is 1. The van der Waals surface area contributed by atoms with Crippen LogP contribution in [0.1, 0.15) is 15.9 Å². The minimum absolute atomic E-state index is 0.263. The quantitative estimate of drug-likeness (QED) is 0.664. The van der Waals surface area contributed by atoms with Gasteiger partial charge in [-0.15, -0.1) is 0 Å². The van der Waals surface area contributed by atoms with Crippen LogP contribution in [-0.4, -0.2) is 23.7 Å². The fourth-order valence-corrected chi connectivity index (χ4v) is 1.84. The molecule has 96 valence electrons. The van der Waals surface area contributed by atoms with Crippen LogP contribution < -0.4 is 0 Å². The Labute approximate surface area is 104 Å². The molecule has 1 aromatic rings. The second-order valence-electron chi connectivity index (χ2n) is 3.02. The zero-order valence-corrected chi connectivity index (χ0v) is 9.72. The van der Waals surface area contributed by atoms with Crippen molar-refractivity contribution in [2.75, 3.05) is 7.11 Å². The highest BCUT2D eigenvalue weighted by atomic mass is 32.2. The Morgan fingerprint density at radius 1 is 1.50 bits per heavy atom. The Morgan fingerprint density at radius 2 is 2.11 bits per heavy atom. The first-order valence-corrected chi connectivity index (χ1v) is 5.21. The minimum atomic E-state index is -4.63. The van der Waals surface area contributed by atoms with Crippen molar-refractivity contribution in [2.45, 2.75) is 10.4 Å². The van der Waals surface area contributed by atoms with Crippen LogP contribution in [-0.2, 0) is 4.74 Å². The molecule has 1 rings (SSSR count). The summed E-state index contributed by atoms with van der Waals surface area (Å²) in [6, 6.07) is 3.18. The van der Waals surface area contributed by atoms with Crippen LogP contribution in [0.15, 0.2) is 17.0 Å². The third kappa shape index (κ3) is 3.30. The average molecular weight is 277 g/mol. The van der Waals surface area contributed by atoms with Crippen molar-refractivity contribution in [3.8, 4) is 11.8 Å². The summed E-state index contributed by atoms with van der Waals surface area (Å²) in [4.78, 5) is 10.6. The lowest BCUT2D eigenvalue weighted by Gasteiger charge is -2.10. The molecule has 0 aromatic heterocycles. The molecular formula is C10H6F3NO3S. The van der Waals surface area contributed by atoms with Gasteiger partial charge in [-0.1, -0.05) is 0 Å². The molecule has 0 fully saturated rings. The van der Waals surface area contributed by atoms with Crippen LogP contribution in [0.4, 0.5) is 13.2 Å². The third-order valence-electron chi connectivity index (χ3n) is 1.84. The fraction of sp³-hybridized carbons (Fsp3) is 0.200. The van der Waals surface area contributed by atoms with Crippen molar-refractivity contribution in [2.24, 2.45) is 0 Å². The number of benzene rings is 1. The molecule has 0 atom stereocenters. The number of hydrogen-bond donors (Lipinski definition) is 1. The predicted octanol–water partition coefficient (Wildman–Crippen LogP) is 2.66. The van der Waals surface area contributed by atoms with E-state index in [0.717, 1.165) is 19.2 Å². The molecule has 4 nitrogen and oxygen atoms in total. The van der Waals surface area contributed by atoms with Crippen LogP contribution in [0, 0.1) is 11.3 Å². The summed E-state index contributed by atoms with van der Waals surface area (Å²) in [7, 11) is 1.05. The Morgan fingerprint density at radius 3 is 2.56 bits per heavy atom. The van der Waals surface area contributed by atoms with Crippen molar-refractivity contribution >= 4 is 17.7 Å². The Balaban J connectivity index is 3.33. The molecule has 8 heteroatoms. The average Bonchev–Trinajstić information content (AvgIpc) is 2.25. The number of esters is 1. The number of thioether (sulfide) groups is 1. The van der Waals surface area contributed by atoms with E-state index in [9.17, 15) is 23.1 Å². The molecule has 0 aliphatic rings. The molecule has 0 spiro atoms. The number of phenolic OH excluding ortho intramolecular Hbond substituents is 1. The molecule has 0 saturated carbocycles. The van der Waals surface area contributed by atoms with E-state index in [1.54, 1.807) is 0 Å². The first kappa shape index (κ1) is 14.2. The van der Waals surface area contributed by atoms with Gasteiger partial charge < -0.3 is 9.84 Å². The SMILES string of the molecule is COC(=O)c1cc(O)c(C#N)c(SC(F)(F)F)c1. The largest absolute Gasteiger partial charge is 0.506 e. The van der Waals surface area contributed by atoms with Gasteiger partial charge in [0, 0.05) is 4.90 Å². The summed E-state index contributed by atoms with van der Waals surface area (Å²) in [5, 5.41) is 18.1. The topological polar surface area (TPSA) is 70.3 Å². The van der Waals surface area contributed by atoms with E-state index in [-0.39, 0.29) is 5.56 Å². The summed E-state index contributed by atoms with van der Waals surface area (Å²) in [6.45, 7) is 0. The van der Waals surface area contributed by atoms with E-state index in [0.29, 0.717) is 0 Å². The third-order valence-corrected chi connectivity index (χ3v) is 2.61. The zero-order valence-electron chi connectivity index (χ0n) is 8.91. The lowest BCUT2D eigenvalue weighted by atomic mass is 10.1. The molecule has 0 bridgehead atoms. The highest BCUT2D eigenvalue weighted by Crippen LogP contribution is 2.41. The summed E-state index contributed by atoms with van der Waals surface area (Å²) in [5.41, 5.74) is -5.43. The number of nitrogens with zero attached hydrogens (tertiary/aromatic N) is 1. The van der Waals surface area contributed by atoms with Gasteiger partial charge >= 0.3 is 11.5 Å². The van der Waals surface area contributed by atoms with Crippen LogP contribution in [0.25, 0.3) is 0 Å². The van der Waals surface area contributed by atoms with Crippen molar-refractivity contribution in [1.82, 2.24) is 0 Å². The summed E-state index contributed by atoms with van der Waals surface area (Å²) < 4.78 is 41.1. The highest BCUT2D eigenvalue weighted by molar-refractivity contribution is 8.00. The molecule has 0 saturated heterocycles. The molecule has 0 heterocycles. The van der Waals surface area contributed by atoms with Gasteiger partial charge in [-0.25, -0.2) is 4.79 Å². The molecule has 1 N–H and O–H groups in total. The van der Waals surface area contributed by atoms with Gasteiger partial charge in [0.05, 0.1) is 12.7 Å². The van der Waals surface area contributed by atoms with E-state index in [1.165, 1.54) is 6.07 Å². The van der Waals surface area contributed by atoms with E-state index in [2.05, 4.69) is 4.74 Å². The number of halogens is 3. The number of nitriles is 1. The van der Waals surface area contributed by atoms with Gasteiger partial charge in [-0.05, 0) is 23.9 Å². The van der Waals surface area contributed by atoms with Gasteiger partial charge in [0.15, 0.2) is 0 Å². The lowest BCUT2D eigenvalue weighted by molar-refractivity contribution is -0.0328. The minimum Gasteiger partial charge on any atom is -0.506 e. The summed E-state index contributed by atoms with van der Waals surface area (Å²) in [5.74, 6) is -1.61. The number of rotatable bonds is 2. The van der Waals surface area contributed by atoms with E-state index in [4.69, 9.17) is 5.26 Å². The maximum absolute atomic E-state index is 12.3. The van der Waals surface area contributed by atoms with Crippen molar-refractivity contribution in [3.05, 3.63) is 23.3 Å². The molecule has 18 heavy (non-hydrogen) atoms. The van der Waals surface area contributed by atoms with E-state index >= 15 is 0 Å². The van der Waals surface area contributed by atoms with Crippen LogP contribution >= 0.6 is 11.8 Å². The maximum atomic E-state index is 12.3. The zero-order chi connectivity index (χ0) is 13.9. The predicted molar refractivity (Wildman–Crippen MR) is 56.1 cm³/mol. The summed E-state index contributed by atoms with van der Waals surface area (Å²) in [6.07, 6.45) is 0. The van der Waals surface area contributed by atoms with E-state index in [1.807, 2.05) is 0 Å². The van der Waals surface area contributed by atoms with Gasteiger partial charge in [-0.3, -0.25) is 0 Å². The van der Waals surface area contributed by atoms with Crippen molar-refractivity contribution < 1.29 is 27.8 Å². The Bertz CT molecular complexity index is 522. The molecule has 0 amide bonds. The maximum Gasteiger partial charge on any atom is 0.446 e. The lowest BCUT2D eigenvalue weighted by Crippen LogP contribution is -2.04. The number of phenols is 1.